The van der Waals surface area contributed by atoms with Gasteiger partial charge in [0, 0.05) is 33.7 Å². The Morgan fingerprint density at radius 2 is 1.97 bits per heavy atom. The molecule has 3 heterocycles. The van der Waals surface area contributed by atoms with Gasteiger partial charge in [0.1, 0.15) is 23.8 Å². The number of nitrogens with one attached hydrogen (secondary N) is 1. The Labute approximate surface area is 195 Å². The van der Waals surface area contributed by atoms with Crippen molar-refractivity contribution in [2.45, 2.75) is 84.5 Å². The van der Waals surface area contributed by atoms with Crippen LogP contribution in [0.4, 0.5) is 5.95 Å². The first-order valence-electron chi connectivity index (χ1n) is 11.4. The summed E-state index contributed by atoms with van der Waals surface area (Å²) >= 11 is 0. The molecule has 2 aliphatic rings. The third-order valence-corrected chi connectivity index (χ3v) is 5.93. The molecule has 1 aliphatic carbocycles. The van der Waals surface area contributed by atoms with Crippen LogP contribution >= 0.6 is 0 Å². The van der Waals surface area contributed by atoms with Gasteiger partial charge in [-0.25, -0.2) is 14.3 Å². The second kappa shape index (κ2) is 9.53. The minimum absolute atomic E-state index is 0.0438. The zero-order valence-corrected chi connectivity index (χ0v) is 19.6. The number of esters is 2. The van der Waals surface area contributed by atoms with Gasteiger partial charge in [-0.05, 0) is 25.2 Å². The Morgan fingerprint density at radius 3 is 2.56 bits per heavy atom. The predicted molar refractivity (Wildman–Crippen MR) is 119 cm³/mol. The molecule has 184 valence electrons. The van der Waals surface area contributed by atoms with Crippen LogP contribution in [0.1, 0.15) is 59.6 Å². The molecular formula is C22H29N5O7. The number of aromatic nitrogens is 4. The Morgan fingerprint density at radius 1 is 1.24 bits per heavy atom. The molecule has 34 heavy (non-hydrogen) atoms. The van der Waals surface area contributed by atoms with Gasteiger partial charge in [-0.3, -0.25) is 24.3 Å². The summed E-state index contributed by atoms with van der Waals surface area (Å²) in [6.07, 6.45) is 1.32. The summed E-state index contributed by atoms with van der Waals surface area (Å²) in [4.78, 5) is 57.1. The highest BCUT2D eigenvalue weighted by Gasteiger charge is 2.45. The first-order chi connectivity index (χ1) is 16.2. The molecule has 1 saturated carbocycles. The van der Waals surface area contributed by atoms with Gasteiger partial charge in [0.05, 0.1) is 6.20 Å². The maximum atomic E-state index is 13.6. The van der Waals surface area contributed by atoms with Crippen molar-refractivity contribution < 1.29 is 28.6 Å². The second-order valence-electron chi connectivity index (χ2n) is 8.80. The Bertz CT molecular complexity index is 1170. The van der Waals surface area contributed by atoms with E-state index in [0.717, 1.165) is 12.8 Å². The van der Waals surface area contributed by atoms with E-state index in [1.165, 1.54) is 31.5 Å². The number of nitrogens with zero attached hydrogens (tertiary/aromatic N) is 4. The van der Waals surface area contributed by atoms with Gasteiger partial charge in [0.2, 0.25) is 11.9 Å². The van der Waals surface area contributed by atoms with Crippen molar-refractivity contribution in [1.82, 2.24) is 19.1 Å². The third kappa shape index (κ3) is 4.96. The average molecular weight is 476 g/mol. The molecule has 0 spiro atoms. The SMILES string of the molecule is CCC(OC(C)=O)[C@@H]1C[C@@H](OC(C)=O)[C@H](n2c(=O)n(CC3CC3)c3cnc(NC(C)=O)nc32)O1. The van der Waals surface area contributed by atoms with Crippen molar-refractivity contribution in [1.29, 1.82) is 0 Å². The number of amides is 1. The van der Waals surface area contributed by atoms with Gasteiger partial charge in [-0.15, -0.1) is 0 Å². The van der Waals surface area contributed by atoms with E-state index in [-0.39, 0.29) is 29.6 Å². The molecule has 2 aromatic heterocycles. The molecule has 4 atom stereocenters. The molecule has 0 radical (unpaired) electrons. The standard InChI is InChI=1S/C22H29N5O7/c1-5-16(32-12(3)29)17-8-18(33-13(4)30)20(34-17)27-19-15(9-23-21(25-19)24-11(2)28)26(22(27)31)10-14-6-7-14/h9,14,16-18,20H,5-8,10H2,1-4H3,(H,23,24,25,28)/t16?,17-,18+,20+/m0/s1. The highest BCUT2D eigenvalue weighted by atomic mass is 16.6. The number of hydrogen-bond acceptors (Lipinski definition) is 9. The summed E-state index contributed by atoms with van der Waals surface area (Å²) in [6, 6.07) is 0. The average Bonchev–Trinajstić information content (AvgIpc) is 3.43. The fraction of sp³-hybridized carbons (Fsp3) is 0.636. The number of ether oxygens (including phenoxy) is 3. The Hall–Kier alpha value is -3.28. The lowest BCUT2D eigenvalue weighted by molar-refractivity contribution is -0.158. The zero-order valence-electron chi connectivity index (χ0n) is 19.6. The number of hydrogen-bond donors (Lipinski definition) is 1. The number of fused-ring (bicyclic) bond motifs is 1. The molecule has 0 bridgehead atoms. The molecule has 1 N–H and O–H groups in total. The van der Waals surface area contributed by atoms with E-state index in [1.807, 2.05) is 6.92 Å². The fourth-order valence-electron chi connectivity index (χ4n) is 4.33. The molecule has 2 fully saturated rings. The van der Waals surface area contributed by atoms with Crippen molar-refractivity contribution in [3.63, 3.8) is 0 Å². The maximum absolute atomic E-state index is 13.6. The van der Waals surface area contributed by atoms with Crippen LogP contribution in [-0.2, 0) is 35.1 Å². The monoisotopic (exact) mass is 475 g/mol. The first-order valence-corrected chi connectivity index (χ1v) is 11.4. The minimum Gasteiger partial charge on any atom is -0.460 e. The molecular weight excluding hydrogens is 446 g/mol. The third-order valence-electron chi connectivity index (χ3n) is 5.93. The highest BCUT2D eigenvalue weighted by Crippen LogP contribution is 2.36. The summed E-state index contributed by atoms with van der Waals surface area (Å²) in [6.45, 7) is 6.29. The number of anilines is 1. The molecule has 1 aliphatic heterocycles. The van der Waals surface area contributed by atoms with Crippen LogP contribution < -0.4 is 11.0 Å². The zero-order chi connectivity index (χ0) is 24.6. The molecule has 12 heteroatoms. The van der Waals surface area contributed by atoms with E-state index in [2.05, 4.69) is 15.3 Å². The molecule has 1 unspecified atom stereocenters. The van der Waals surface area contributed by atoms with Crippen molar-refractivity contribution in [3.8, 4) is 0 Å². The molecule has 1 amide bonds. The van der Waals surface area contributed by atoms with E-state index in [0.29, 0.717) is 24.4 Å². The largest absolute Gasteiger partial charge is 0.460 e. The molecule has 2 aromatic rings. The number of carbonyl (C=O) groups excluding carboxylic acids is 3. The molecule has 12 nitrogen and oxygen atoms in total. The number of imidazole rings is 1. The second-order valence-corrected chi connectivity index (χ2v) is 8.80. The van der Waals surface area contributed by atoms with Gasteiger partial charge in [0.25, 0.3) is 0 Å². The summed E-state index contributed by atoms with van der Waals surface area (Å²) in [7, 11) is 0. The lowest BCUT2D eigenvalue weighted by atomic mass is 10.1. The lowest BCUT2D eigenvalue weighted by Gasteiger charge is -2.22. The Kier molecular flexibility index (Phi) is 6.69. The number of rotatable bonds is 8. The lowest BCUT2D eigenvalue weighted by Crippen LogP contribution is -2.34. The summed E-state index contributed by atoms with van der Waals surface area (Å²) in [5.74, 6) is -0.895. The minimum atomic E-state index is -0.992. The van der Waals surface area contributed by atoms with Gasteiger partial charge in [-0.2, -0.15) is 4.98 Å². The topological polar surface area (TPSA) is 144 Å². The molecule has 0 aromatic carbocycles. The van der Waals surface area contributed by atoms with Crippen molar-refractivity contribution in [3.05, 3.63) is 16.7 Å². The predicted octanol–water partition coefficient (Wildman–Crippen LogP) is 1.52. The van der Waals surface area contributed by atoms with Crippen molar-refractivity contribution >= 4 is 35.0 Å². The first kappa shape index (κ1) is 23.9. The van der Waals surface area contributed by atoms with Crippen molar-refractivity contribution in [2.24, 2.45) is 5.92 Å². The van der Waals surface area contributed by atoms with Gasteiger partial charge < -0.3 is 14.2 Å². The highest BCUT2D eigenvalue weighted by molar-refractivity contribution is 5.87. The van der Waals surface area contributed by atoms with E-state index >= 15 is 0 Å². The quantitative estimate of drug-likeness (QED) is 0.562. The van der Waals surface area contributed by atoms with Gasteiger partial charge in [0.15, 0.2) is 11.9 Å². The van der Waals surface area contributed by atoms with Gasteiger partial charge in [-0.1, -0.05) is 6.92 Å². The fourth-order valence-corrected chi connectivity index (χ4v) is 4.33. The van der Waals surface area contributed by atoms with Crippen LogP contribution in [0.2, 0.25) is 0 Å². The van der Waals surface area contributed by atoms with Crippen LogP contribution in [0.3, 0.4) is 0 Å². The van der Waals surface area contributed by atoms with E-state index in [9.17, 15) is 19.2 Å². The maximum Gasteiger partial charge on any atom is 0.332 e. The van der Waals surface area contributed by atoms with Crippen molar-refractivity contribution in [2.75, 3.05) is 5.32 Å². The Balaban J connectivity index is 1.80. The van der Waals surface area contributed by atoms with E-state index < -0.39 is 36.5 Å². The number of carbonyl (C=O) groups is 3. The molecule has 4 rings (SSSR count). The van der Waals surface area contributed by atoms with Crippen LogP contribution in [0.25, 0.3) is 11.2 Å². The normalized spacial score (nSPS) is 23.0. The van der Waals surface area contributed by atoms with Crippen LogP contribution in [0, 0.1) is 5.92 Å². The van der Waals surface area contributed by atoms with Crippen LogP contribution in [0.5, 0.6) is 0 Å². The summed E-state index contributed by atoms with van der Waals surface area (Å²) < 4.78 is 20.1. The molecule has 1 saturated heterocycles. The van der Waals surface area contributed by atoms with E-state index in [4.69, 9.17) is 14.2 Å². The smallest absolute Gasteiger partial charge is 0.332 e. The van der Waals surface area contributed by atoms with Gasteiger partial charge >= 0.3 is 17.6 Å². The summed E-state index contributed by atoms with van der Waals surface area (Å²) in [5.41, 5.74) is 0.374. The summed E-state index contributed by atoms with van der Waals surface area (Å²) in [5, 5.41) is 2.53. The van der Waals surface area contributed by atoms with Crippen LogP contribution in [0.15, 0.2) is 11.0 Å². The van der Waals surface area contributed by atoms with Crippen LogP contribution in [-0.4, -0.2) is 55.3 Å². The van der Waals surface area contributed by atoms with E-state index in [1.54, 1.807) is 4.57 Å².